The second-order valence-electron chi connectivity index (χ2n) is 8.88. The number of hydrogen-bond donors (Lipinski definition) is 2. The molecule has 2 N–H and O–H groups in total. The molecule has 3 rings (SSSR count). The van der Waals surface area contributed by atoms with Gasteiger partial charge in [-0.05, 0) is 19.4 Å². The van der Waals surface area contributed by atoms with Crippen molar-refractivity contribution in [3.8, 4) is 0 Å². The molecule has 0 spiro atoms. The van der Waals surface area contributed by atoms with Crippen LogP contribution >= 0.6 is 0 Å². The average molecular weight is 411 g/mol. The monoisotopic (exact) mass is 410 g/mol. The van der Waals surface area contributed by atoms with E-state index < -0.39 is 50.7 Å². The number of rotatable bonds is 7. The molecule has 8 heteroatoms. The van der Waals surface area contributed by atoms with E-state index in [1.165, 1.54) is 0 Å². The van der Waals surface area contributed by atoms with Gasteiger partial charge in [0.1, 0.15) is 44.0 Å². The zero-order chi connectivity index (χ0) is 20.7. The third-order valence-electron chi connectivity index (χ3n) is 4.98. The first-order chi connectivity index (χ1) is 13.0. The summed E-state index contributed by atoms with van der Waals surface area (Å²) in [5, 5.41) is 20.9. The second kappa shape index (κ2) is 7.95. The van der Waals surface area contributed by atoms with E-state index in [2.05, 4.69) is 0 Å². The van der Waals surface area contributed by atoms with Crippen LogP contribution in [0.4, 0.5) is 0 Å². The van der Waals surface area contributed by atoms with Gasteiger partial charge in [0.05, 0.1) is 6.61 Å². The molecule has 0 aliphatic carbocycles. The lowest BCUT2D eigenvalue weighted by molar-refractivity contribution is -0.235. The van der Waals surface area contributed by atoms with Crippen LogP contribution < -0.4 is 0 Å². The maximum atomic E-state index is 12.5. The van der Waals surface area contributed by atoms with E-state index in [1.54, 1.807) is 13.8 Å². The summed E-state index contributed by atoms with van der Waals surface area (Å²) in [6.07, 6.45) is -5.89. The summed E-state index contributed by atoms with van der Waals surface area (Å²) < 4.78 is 23.6. The summed E-state index contributed by atoms with van der Waals surface area (Å²) in [5.74, 6) is -0.841. The molecule has 2 heterocycles. The molecule has 0 bridgehead atoms. The van der Waals surface area contributed by atoms with Crippen molar-refractivity contribution in [3.63, 3.8) is 0 Å². The van der Waals surface area contributed by atoms with Crippen molar-refractivity contribution >= 4 is 13.5 Å². The maximum absolute atomic E-state index is 12.5. The van der Waals surface area contributed by atoms with Gasteiger partial charge in [-0.15, -0.1) is 0 Å². The van der Waals surface area contributed by atoms with Crippen molar-refractivity contribution in [2.45, 2.75) is 82.7 Å². The van der Waals surface area contributed by atoms with Crippen molar-refractivity contribution in [3.05, 3.63) is 35.9 Å². The van der Waals surface area contributed by atoms with E-state index in [0.717, 1.165) is 5.56 Å². The molecule has 2 fully saturated rings. The predicted molar refractivity (Wildman–Crippen MR) is 104 cm³/mol. The molecule has 2 aliphatic heterocycles. The SMILES string of the molecule is CC1(C)O[C@H]2O[C@H]([C@H](O)C(O)C(=O)[Si](C)(C)C)[C@@H](OCc3ccccc3)[C@H]2O1. The molecule has 1 aromatic carbocycles. The maximum Gasteiger partial charge on any atom is 0.190 e. The molecule has 0 radical (unpaired) electrons. The highest BCUT2D eigenvalue weighted by Gasteiger charge is 2.58. The summed E-state index contributed by atoms with van der Waals surface area (Å²) in [5.41, 5.74) is 0.955. The Bertz CT molecular complexity index is 688. The van der Waals surface area contributed by atoms with Gasteiger partial charge in [0.2, 0.25) is 0 Å². The molecule has 0 saturated carbocycles. The second-order valence-corrected chi connectivity index (χ2v) is 13.9. The summed E-state index contributed by atoms with van der Waals surface area (Å²) in [7, 11) is -2.29. The van der Waals surface area contributed by atoms with Gasteiger partial charge in [-0.25, -0.2) is 0 Å². The molecule has 2 aliphatic rings. The zero-order valence-corrected chi connectivity index (χ0v) is 18.0. The molecule has 28 heavy (non-hydrogen) atoms. The average Bonchev–Trinajstić information content (AvgIpc) is 3.09. The topological polar surface area (TPSA) is 94.5 Å². The van der Waals surface area contributed by atoms with Gasteiger partial charge in [0, 0.05) is 0 Å². The highest BCUT2D eigenvalue weighted by atomic mass is 28.3. The Hall–Kier alpha value is -1.13. The molecule has 1 unspecified atom stereocenters. The van der Waals surface area contributed by atoms with Gasteiger partial charge in [0.25, 0.3) is 0 Å². The van der Waals surface area contributed by atoms with Gasteiger partial charge < -0.3 is 34.0 Å². The van der Waals surface area contributed by atoms with Gasteiger partial charge in [-0.1, -0.05) is 50.0 Å². The van der Waals surface area contributed by atoms with Crippen LogP contribution in [0.2, 0.25) is 19.6 Å². The Kier molecular flexibility index (Phi) is 6.12. The zero-order valence-electron chi connectivity index (χ0n) is 17.0. The number of fused-ring (bicyclic) bond motifs is 1. The fourth-order valence-electron chi connectivity index (χ4n) is 3.51. The van der Waals surface area contributed by atoms with Crippen LogP contribution in [0.5, 0.6) is 0 Å². The number of aliphatic hydroxyl groups excluding tert-OH is 2. The van der Waals surface area contributed by atoms with Crippen molar-refractivity contribution in [2.75, 3.05) is 0 Å². The summed E-state index contributed by atoms with van der Waals surface area (Å²) in [6, 6.07) is 9.59. The number of carbonyl (C=O) groups excluding carboxylic acids is 1. The molecule has 0 aromatic heterocycles. The van der Waals surface area contributed by atoms with Crippen molar-refractivity contribution < 1.29 is 34.0 Å². The standard InChI is InChI=1S/C20H30O7Si/c1-20(2)26-17-16(24-11-12-9-7-6-8-10-12)15(25-19(17)27-20)13(21)14(22)18(23)28(3,4)5/h6-10,13-17,19,21-22H,11H2,1-5H3/t13-,14?,15-,16-,17-,19-/m1/s1. The molecular formula is C20H30O7Si. The fraction of sp³-hybridized carbons (Fsp3) is 0.650. The van der Waals surface area contributed by atoms with E-state index in [0.29, 0.717) is 0 Å². The first-order valence-electron chi connectivity index (χ1n) is 9.57. The summed E-state index contributed by atoms with van der Waals surface area (Å²) in [6.45, 7) is 9.31. The third kappa shape index (κ3) is 4.54. The van der Waals surface area contributed by atoms with Crippen LogP contribution in [-0.2, 0) is 30.3 Å². The van der Waals surface area contributed by atoms with Crippen LogP contribution in [0.3, 0.4) is 0 Å². The number of hydrogen-bond acceptors (Lipinski definition) is 7. The number of carbonyl (C=O) groups is 1. The quantitative estimate of drug-likeness (QED) is 0.660. The van der Waals surface area contributed by atoms with Crippen LogP contribution in [0.1, 0.15) is 19.4 Å². The summed E-state index contributed by atoms with van der Waals surface area (Å²) >= 11 is 0. The minimum Gasteiger partial charge on any atom is -0.387 e. The Balaban J connectivity index is 1.77. The Labute approximate surface area is 166 Å². The van der Waals surface area contributed by atoms with Gasteiger partial charge >= 0.3 is 0 Å². The highest BCUT2D eigenvalue weighted by Crippen LogP contribution is 2.40. The molecule has 1 aromatic rings. The van der Waals surface area contributed by atoms with Crippen molar-refractivity contribution in [1.29, 1.82) is 0 Å². The number of aliphatic hydroxyl groups is 2. The Morgan fingerprint density at radius 3 is 2.43 bits per heavy atom. The van der Waals surface area contributed by atoms with E-state index in [1.807, 2.05) is 50.0 Å². The van der Waals surface area contributed by atoms with Crippen molar-refractivity contribution in [2.24, 2.45) is 0 Å². The van der Waals surface area contributed by atoms with Crippen LogP contribution in [0.25, 0.3) is 0 Å². The third-order valence-corrected chi connectivity index (χ3v) is 6.75. The van der Waals surface area contributed by atoms with E-state index in [9.17, 15) is 15.0 Å². The van der Waals surface area contributed by atoms with Crippen LogP contribution in [0.15, 0.2) is 30.3 Å². The lowest BCUT2D eigenvalue weighted by Crippen LogP contribution is -2.54. The van der Waals surface area contributed by atoms with E-state index in [-0.39, 0.29) is 12.0 Å². The fourth-order valence-corrected chi connectivity index (χ4v) is 4.57. The van der Waals surface area contributed by atoms with Crippen molar-refractivity contribution in [1.82, 2.24) is 0 Å². The number of ether oxygens (including phenoxy) is 4. The van der Waals surface area contributed by atoms with E-state index in [4.69, 9.17) is 18.9 Å². The molecule has 156 valence electrons. The molecule has 2 saturated heterocycles. The Morgan fingerprint density at radius 2 is 1.82 bits per heavy atom. The molecule has 0 amide bonds. The number of benzene rings is 1. The van der Waals surface area contributed by atoms with Crippen LogP contribution in [0, 0.1) is 0 Å². The molecule has 7 nitrogen and oxygen atoms in total. The Morgan fingerprint density at radius 1 is 1.18 bits per heavy atom. The minimum absolute atomic E-state index is 0.281. The minimum atomic E-state index is -2.29. The smallest absolute Gasteiger partial charge is 0.190 e. The molecule has 6 atom stereocenters. The molecular weight excluding hydrogens is 380 g/mol. The lowest BCUT2D eigenvalue weighted by atomic mass is 10.0. The normalized spacial score (nSPS) is 31.4. The van der Waals surface area contributed by atoms with Gasteiger partial charge in [0.15, 0.2) is 12.1 Å². The lowest BCUT2D eigenvalue weighted by Gasteiger charge is -2.31. The first-order valence-corrected chi connectivity index (χ1v) is 13.1. The van der Waals surface area contributed by atoms with E-state index >= 15 is 0 Å². The van der Waals surface area contributed by atoms with Crippen LogP contribution in [-0.4, -0.2) is 66.3 Å². The van der Waals surface area contributed by atoms with Gasteiger partial charge in [-0.2, -0.15) is 0 Å². The first kappa shape index (κ1) is 21.6. The highest BCUT2D eigenvalue weighted by molar-refractivity contribution is 7.04. The van der Waals surface area contributed by atoms with Gasteiger partial charge in [-0.3, -0.25) is 0 Å². The summed E-state index contributed by atoms with van der Waals surface area (Å²) in [4.78, 5) is 12.5. The predicted octanol–water partition coefficient (Wildman–Crippen LogP) is 1.62. The largest absolute Gasteiger partial charge is 0.387 e.